The summed E-state index contributed by atoms with van der Waals surface area (Å²) in [5.74, 6) is -0.166. The molecule has 2 amide bonds. The third kappa shape index (κ3) is 5.05. The highest BCUT2D eigenvalue weighted by atomic mass is 35.5. The fourth-order valence-electron chi connectivity index (χ4n) is 2.80. The first-order chi connectivity index (χ1) is 11.7. The average molecular weight is 360 g/mol. The Morgan fingerprint density at radius 1 is 0.840 bits per heavy atom. The Hall–Kier alpha value is -2.37. The number of hydrogen-bond acceptors (Lipinski definition) is 3. The molecule has 0 spiro atoms. The number of anilines is 2. The van der Waals surface area contributed by atoms with Gasteiger partial charge < -0.3 is 16.0 Å². The maximum absolute atomic E-state index is 12.4. The van der Waals surface area contributed by atoms with E-state index < -0.39 is 0 Å². The molecule has 1 saturated heterocycles. The maximum atomic E-state index is 12.4. The summed E-state index contributed by atoms with van der Waals surface area (Å²) in [6, 6.07) is 16.3. The van der Waals surface area contributed by atoms with E-state index in [9.17, 15) is 9.59 Å². The van der Waals surface area contributed by atoms with E-state index in [0.29, 0.717) is 16.9 Å². The van der Waals surface area contributed by atoms with Gasteiger partial charge in [-0.3, -0.25) is 9.59 Å². The zero-order chi connectivity index (χ0) is 16.8. The van der Waals surface area contributed by atoms with Crippen molar-refractivity contribution in [1.29, 1.82) is 0 Å². The lowest BCUT2D eigenvalue weighted by Gasteiger charge is -2.22. The Morgan fingerprint density at radius 2 is 1.40 bits per heavy atom. The summed E-state index contributed by atoms with van der Waals surface area (Å²) in [5.41, 5.74) is 1.82. The second kappa shape index (κ2) is 9.20. The van der Waals surface area contributed by atoms with E-state index >= 15 is 0 Å². The molecule has 2 aromatic rings. The number of para-hydroxylation sites is 2. The minimum absolute atomic E-state index is 0. The van der Waals surface area contributed by atoms with Crippen molar-refractivity contribution in [3.63, 3.8) is 0 Å². The fraction of sp³-hybridized carbons (Fsp3) is 0.263. The second-order valence-corrected chi connectivity index (χ2v) is 5.88. The van der Waals surface area contributed by atoms with Crippen LogP contribution in [0.25, 0.3) is 0 Å². The molecule has 3 rings (SSSR count). The Balaban J connectivity index is 0.00000225. The van der Waals surface area contributed by atoms with Crippen molar-refractivity contribution in [2.45, 2.75) is 12.8 Å². The lowest BCUT2D eigenvalue weighted by molar-refractivity contribution is -0.120. The molecule has 0 aromatic heterocycles. The fourth-order valence-corrected chi connectivity index (χ4v) is 2.80. The highest BCUT2D eigenvalue weighted by Gasteiger charge is 2.21. The van der Waals surface area contributed by atoms with Crippen LogP contribution in [0.3, 0.4) is 0 Å². The molecule has 0 unspecified atom stereocenters. The molecule has 6 heteroatoms. The van der Waals surface area contributed by atoms with Crippen molar-refractivity contribution in [1.82, 2.24) is 5.32 Å². The zero-order valence-corrected chi connectivity index (χ0v) is 14.6. The van der Waals surface area contributed by atoms with Crippen LogP contribution in [0.5, 0.6) is 0 Å². The first-order valence-corrected chi connectivity index (χ1v) is 8.21. The largest absolute Gasteiger partial charge is 0.324 e. The summed E-state index contributed by atoms with van der Waals surface area (Å²) in [4.78, 5) is 24.7. The van der Waals surface area contributed by atoms with Gasteiger partial charge in [-0.15, -0.1) is 12.4 Å². The summed E-state index contributed by atoms with van der Waals surface area (Å²) < 4.78 is 0. The Bertz CT molecular complexity index is 716. The van der Waals surface area contributed by atoms with Gasteiger partial charge in [0, 0.05) is 11.5 Å². The molecule has 1 fully saturated rings. The summed E-state index contributed by atoms with van der Waals surface area (Å²) in [5, 5.41) is 9.08. The van der Waals surface area contributed by atoms with Gasteiger partial charge in [0.15, 0.2) is 0 Å². The van der Waals surface area contributed by atoms with Gasteiger partial charge in [0.25, 0.3) is 5.91 Å². The number of amides is 2. The van der Waals surface area contributed by atoms with Gasteiger partial charge in [0.2, 0.25) is 5.91 Å². The third-order valence-electron chi connectivity index (χ3n) is 4.18. The third-order valence-corrected chi connectivity index (χ3v) is 4.18. The summed E-state index contributed by atoms with van der Waals surface area (Å²) in [6.45, 7) is 1.73. The first kappa shape index (κ1) is 19.0. The highest BCUT2D eigenvalue weighted by Crippen LogP contribution is 2.24. The molecular formula is C19H22ClN3O2. The Labute approximate surface area is 153 Å². The lowest BCUT2D eigenvalue weighted by Crippen LogP contribution is -2.34. The second-order valence-electron chi connectivity index (χ2n) is 5.88. The van der Waals surface area contributed by atoms with Crippen LogP contribution < -0.4 is 16.0 Å². The first-order valence-electron chi connectivity index (χ1n) is 8.21. The zero-order valence-electron chi connectivity index (χ0n) is 13.8. The smallest absolute Gasteiger partial charge is 0.255 e. The van der Waals surface area contributed by atoms with Crippen molar-refractivity contribution in [2.24, 2.45) is 5.92 Å². The van der Waals surface area contributed by atoms with Crippen LogP contribution in [-0.2, 0) is 4.79 Å². The van der Waals surface area contributed by atoms with Gasteiger partial charge in [0.05, 0.1) is 11.4 Å². The molecule has 1 heterocycles. The van der Waals surface area contributed by atoms with Crippen LogP contribution in [-0.4, -0.2) is 24.9 Å². The standard InChI is InChI=1S/C19H21N3O2.ClH/c23-18(14-6-2-1-3-7-14)21-16-8-4-5-9-17(16)22-19(24)15-10-12-20-13-11-15;/h1-9,15,20H,10-13H2,(H,21,23)(H,22,24);1H. The Kier molecular flexibility index (Phi) is 6.98. The molecule has 3 N–H and O–H groups in total. The SMILES string of the molecule is Cl.O=C(Nc1ccccc1NC(=O)C1CCNCC1)c1ccccc1. The van der Waals surface area contributed by atoms with Gasteiger partial charge in [-0.1, -0.05) is 30.3 Å². The molecule has 25 heavy (non-hydrogen) atoms. The van der Waals surface area contributed by atoms with E-state index in [2.05, 4.69) is 16.0 Å². The van der Waals surface area contributed by atoms with E-state index in [1.807, 2.05) is 30.3 Å². The van der Waals surface area contributed by atoms with Crippen molar-refractivity contribution < 1.29 is 9.59 Å². The van der Waals surface area contributed by atoms with Crippen LogP contribution in [0.1, 0.15) is 23.2 Å². The number of carbonyl (C=O) groups is 2. The predicted octanol–water partition coefficient (Wildman–Crippen LogP) is 3.30. The number of benzene rings is 2. The highest BCUT2D eigenvalue weighted by molar-refractivity contribution is 6.07. The van der Waals surface area contributed by atoms with Crippen molar-refractivity contribution >= 4 is 35.6 Å². The quantitative estimate of drug-likeness (QED) is 0.784. The topological polar surface area (TPSA) is 70.2 Å². The number of halogens is 1. The predicted molar refractivity (Wildman–Crippen MR) is 102 cm³/mol. The molecular weight excluding hydrogens is 338 g/mol. The molecule has 1 aliphatic heterocycles. The van der Waals surface area contributed by atoms with E-state index in [-0.39, 0.29) is 30.1 Å². The van der Waals surface area contributed by atoms with Gasteiger partial charge in [-0.2, -0.15) is 0 Å². The van der Waals surface area contributed by atoms with Crippen LogP contribution in [0.15, 0.2) is 54.6 Å². The van der Waals surface area contributed by atoms with Gasteiger partial charge >= 0.3 is 0 Å². The van der Waals surface area contributed by atoms with Crippen LogP contribution in [0, 0.1) is 5.92 Å². The van der Waals surface area contributed by atoms with E-state index in [4.69, 9.17) is 0 Å². The van der Waals surface area contributed by atoms with E-state index in [1.165, 1.54) is 0 Å². The minimum Gasteiger partial charge on any atom is -0.324 e. The monoisotopic (exact) mass is 359 g/mol. The molecule has 5 nitrogen and oxygen atoms in total. The number of hydrogen-bond donors (Lipinski definition) is 3. The molecule has 0 saturated carbocycles. The van der Waals surface area contributed by atoms with Crippen molar-refractivity contribution in [3.8, 4) is 0 Å². The van der Waals surface area contributed by atoms with Crippen molar-refractivity contribution in [2.75, 3.05) is 23.7 Å². The molecule has 1 aliphatic rings. The maximum Gasteiger partial charge on any atom is 0.255 e. The molecule has 2 aromatic carbocycles. The molecule has 0 bridgehead atoms. The van der Waals surface area contributed by atoms with Crippen LogP contribution in [0.4, 0.5) is 11.4 Å². The summed E-state index contributed by atoms with van der Waals surface area (Å²) >= 11 is 0. The normalized spacial score (nSPS) is 14.2. The number of piperidine rings is 1. The Morgan fingerprint density at radius 3 is 2.04 bits per heavy atom. The van der Waals surface area contributed by atoms with Crippen LogP contribution in [0.2, 0.25) is 0 Å². The molecule has 0 radical (unpaired) electrons. The molecule has 0 aliphatic carbocycles. The number of carbonyl (C=O) groups excluding carboxylic acids is 2. The lowest BCUT2D eigenvalue weighted by atomic mass is 9.97. The van der Waals surface area contributed by atoms with Gasteiger partial charge in [-0.25, -0.2) is 0 Å². The minimum atomic E-state index is -0.195. The average Bonchev–Trinajstić information content (AvgIpc) is 2.64. The van der Waals surface area contributed by atoms with E-state index in [1.54, 1.807) is 24.3 Å². The van der Waals surface area contributed by atoms with Gasteiger partial charge in [-0.05, 0) is 50.2 Å². The number of nitrogens with one attached hydrogen (secondary N) is 3. The molecule has 132 valence electrons. The van der Waals surface area contributed by atoms with Crippen molar-refractivity contribution in [3.05, 3.63) is 60.2 Å². The van der Waals surface area contributed by atoms with Crippen LogP contribution >= 0.6 is 12.4 Å². The van der Waals surface area contributed by atoms with E-state index in [0.717, 1.165) is 25.9 Å². The summed E-state index contributed by atoms with van der Waals surface area (Å²) in [7, 11) is 0. The molecule has 0 atom stereocenters. The van der Waals surface area contributed by atoms with Gasteiger partial charge in [0.1, 0.15) is 0 Å². The summed E-state index contributed by atoms with van der Waals surface area (Å²) in [6.07, 6.45) is 1.68. The number of rotatable bonds is 4.